The van der Waals surface area contributed by atoms with Crippen LogP contribution in [0.15, 0.2) is 28.0 Å². The van der Waals surface area contributed by atoms with Crippen LogP contribution in [-0.4, -0.2) is 39.4 Å². The van der Waals surface area contributed by atoms with Gasteiger partial charge in [0.2, 0.25) is 0 Å². The lowest BCUT2D eigenvalue weighted by Crippen LogP contribution is -2.36. The number of unbranched alkanes of at least 4 members (excludes halogenated alkanes) is 3. The Bertz CT molecular complexity index is 1070. The average molecular weight is 557 g/mol. The van der Waals surface area contributed by atoms with Crippen molar-refractivity contribution in [3.05, 3.63) is 40.7 Å². The van der Waals surface area contributed by atoms with Crippen LogP contribution in [-0.2, 0) is 20.7 Å². The van der Waals surface area contributed by atoms with Gasteiger partial charge in [-0.2, -0.15) is 18.4 Å². The Labute approximate surface area is 223 Å². The summed E-state index contributed by atoms with van der Waals surface area (Å²) in [7, 11) is 0. The van der Waals surface area contributed by atoms with Gasteiger partial charge in [0.05, 0.1) is 17.0 Å². The van der Waals surface area contributed by atoms with E-state index in [1.165, 1.54) is 31.6 Å². The monoisotopic (exact) mass is 556 g/mol. The minimum absolute atomic E-state index is 0.0809. The van der Waals surface area contributed by atoms with Crippen LogP contribution in [0.1, 0.15) is 82.3 Å². The molecule has 1 atom stereocenters. The first-order valence-electron chi connectivity index (χ1n) is 12.0. The number of rotatable bonds is 14. The van der Waals surface area contributed by atoms with Crippen molar-refractivity contribution in [1.82, 2.24) is 15.3 Å². The van der Waals surface area contributed by atoms with E-state index in [4.69, 9.17) is 5.26 Å². The number of thioether (sulfide) groups is 1. The molecule has 2 aromatic rings. The van der Waals surface area contributed by atoms with E-state index in [0.29, 0.717) is 16.3 Å². The summed E-state index contributed by atoms with van der Waals surface area (Å²) in [6.45, 7) is 5.65. The highest BCUT2D eigenvalue weighted by atomic mass is 32.2. The number of hydrogen-bond donors (Lipinski definition) is 1. The minimum atomic E-state index is -5.23. The van der Waals surface area contributed by atoms with Crippen LogP contribution < -0.4 is 5.32 Å². The number of thiazole rings is 1. The number of nitriles is 1. The summed E-state index contributed by atoms with van der Waals surface area (Å²) in [5.41, 5.74) is 2.23. The number of ether oxygens (including phenoxy) is 1. The Balaban J connectivity index is 1.87. The first-order chi connectivity index (χ1) is 17.5. The number of halogens is 3. The quantitative estimate of drug-likeness (QED) is 0.128. The lowest BCUT2D eigenvalue weighted by molar-refractivity contribution is -0.202. The molecule has 1 N–H and O–H groups in total. The molecule has 7 nitrogen and oxygen atoms in total. The van der Waals surface area contributed by atoms with Gasteiger partial charge in [-0.1, -0.05) is 44.4 Å². The third kappa shape index (κ3) is 10.4. The van der Waals surface area contributed by atoms with Gasteiger partial charge < -0.3 is 10.1 Å². The van der Waals surface area contributed by atoms with E-state index in [0.717, 1.165) is 61.8 Å². The van der Waals surface area contributed by atoms with E-state index in [2.05, 4.69) is 33.0 Å². The van der Waals surface area contributed by atoms with Crippen molar-refractivity contribution in [1.29, 1.82) is 5.26 Å². The fourth-order valence-corrected chi connectivity index (χ4v) is 5.59. The SMILES string of the molecule is CCCCCCC(NCCCc1csc(SC(C)(C)C(=O)OC(=O)C(F)(F)F)n1)c1ccc(C#N)cn1. The summed E-state index contributed by atoms with van der Waals surface area (Å²) in [6.07, 6.45) is 3.33. The van der Waals surface area contributed by atoms with Gasteiger partial charge in [0, 0.05) is 17.6 Å². The van der Waals surface area contributed by atoms with Gasteiger partial charge in [-0.3, -0.25) is 9.78 Å². The lowest BCUT2D eigenvalue weighted by atomic mass is 10.0. The molecule has 0 amide bonds. The number of carbonyl (C=O) groups is 2. The first-order valence-corrected chi connectivity index (χ1v) is 13.7. The Morgan fingerprint density at radius 2 is 1.95 bits per heavy atom. The molecule has 1 unspecified atom stereocenters. The van der Waals surface area contributed by atoms with Crippen LogP contribution in [0.5, 0.6) is 0 Å². The minimum Gasteiger partial charge on any atom is -0.385 e. The van der Waals surface area contributed by atoms with Crippen molar-refractivity contribution in [2.45, 2.75) is 87.0 Å². The molecular weight excluding hydrogens is 525 g/mol. The van der Waals surface area contributed by atoms with Gasteiger partial charge in [0.25, 0.3) is 0 Å². The van der Waals surface area contributed by atoms with E-state index >= 15 is 0 Å². The molecule has 0 aliphatic heterocycles. The van der Waals surface area contributed by atoms with E-state index in [9.17, 15) is 22.8 Å². The number of aryl methyl sites for hydroxylation is 1. The number of hydrogen-bond acceptors (Lipinski definition) is 9. The molecule has 0 saturated carbocycles. The Kier molecular flexibility index (Phi) is 12.0. The van der Waals surface area contributed by atoms with E-state index in [1.54, 1.807) is 12.3 Å². The predicted molar refractivity (Wildman–Crippen MR) is 136 cm³/mol. The van der Waals surface area contributed by atoms with Crippen LogP contribution >= 0.6 is 23.1 Å². The zero-order valence-corrected chi connectivity index (χ0v) is 22.7. The number of nitrogens with one attached hydrogen (secondary N) is 1. The summed E-state index contributed by atoms with van der Waals surface area (Å²) in [5.74, 6) is -3.81. The second kappa shape index (κ2) is 14.4. The molecule has 2 aromatic heterocycles. The van der Waals surface area contributed by atoms with Crippen LogP contribution in [0.2, 0.25) is 0 Å². The first kappa shape index (κ1) is 30.7. The molecular formula is C25H31F3N4O3S2. The largest absolute Gasteiger partial charge is 0.491 e. The van der Waals surface area contributed by atoms with Crippen LogP contribution in [0.4, 0.5) is 13.2 Å². The molecule has 37 heavy (non-hydrogen) atoms. The summed E-state index contributed by atoms with van der Waals surface area (Å²) in [5, 5.41) is 14.4. The number of nitrogens with zero attached hydrogens (tertiary/aromatic N) is 3. The second-order valence-electron chi connectivity index (χ2n) is 8.94. The highest BCUT2D eigenvalue weighted by Crippen LogP contribution is 2.36. The van der Waals surface area contributed by atoms with Crippen LogP contribution in [0, 0.1) is 11.3 Å². The summed E-state index contributed by atoms with van der Waals surface area (Å²) < 4.78 is 40.2. The van der Waals surface area contributed by atoms with E-state index < -0.39 is 22.9 Å². The highest BCUT2D eigenvalue weighted by Gasteiger charge is 2.45. The highest BCUT2D eigenvalue weighted by molar-refractivity contribution is 8.03. The Hall–Kier alpha value is -2.49. The normalized spacial score (nSPS) is 12.7. The maximum atomic E-state index is 12.4. The summed E-state index contributed by atoms with van der Waals surface area (Å²) in [4.78, 5) is 31.9. The van der Waals surface area contributed by atoms with Gasteiger partial charge in [-0.05, 0) is 51.8 Å². The maximum absolute atomic E-state index is 12.4. The van der Waals surface area contributed by atoms with Crippen molar-refractivity contribution < 1.29 is 27.5 Å². The standard InChI is InChI=1S/C25H31F3N4O3S2/c1-4-5-6-7-10-19(20-12-11-17(14-29)15-31-20)30-13-8-9-18-16-36-23(32-18)37-24(2,3)21(33)35-22(34)25(26,27)28/h11-12,15-16,19,30H,4-10,13H2,1-3H3. The molecule has 0 aromatic carbocycles. The average Bonchev–Trinajstić information content (AvgIpc) is 3.28. The molecule has 0 aliphatic rings. The molecule has 0 spiro atoms. The van der Waals surface area contributed by atoms with Crippen molar-refractivity contribution >= 4 is 35.0 Å². The maximum Gasteiger partial charge on any atom is 0.491 e. The zero-order valence-electron chi connectivity index (χ0n) is 21.1. The molecule has 12 heteroatoms. The molecule has 2 heterocycles. The van der Waals surface area contributed by atoms with Crippen molar-refractivity contribution in [2.75, 3.05) is 6.54 Å². The van der Waals surface area contributed by atoms with E-state index in [-0.39, 0.29) is 6.04 Å². The van der Waals surface area contributed by atoms with Gasteiger partial charge in [0.15, 0.2) is 4.34 Å². The number of pyridine rings is 1. The van der Waals surface area contributed by atoms with Gasteiger partial charge in [-0.25, -0.2) is 9.78 Å². The topological polar surface area (TPSA) is 105 Å². The predicted octanol–water partition coefficient (Wildman–Crippen LogP) is 6.15. The molecule has 0 saturated heterocycles. The third-order valence-corrected chi connectivity index (χ3v) is 7.57. The van der Waals surface area contributed by atoms with Gasteiger partial charge >= 0.3 is 18.1 Å². The smallest absolute Gasteiger partial charge is 0.385 e. The van der Waals surface area contributed by atoms with Crippen molar-refractivity contribution in [3.63, 3.8) is 0 Å². The number of esters is 2. The molecule has 0 radical (unpaired) electrons. The van der Waals surface area contributed by atoms with Crippen molar-refractivity contribution in [3.8, 4) is 6.07 Å². The fourth-order valence-electron chi connectivity index (χ4n) is 3.33. The lowest BCUT2D eigenvalue weighted by Gasteiger charge is -2.20. The van der Waals surface area contributed by atoms with Crippen LogP contribution in [0.3, 0.4) is 0 Å². The van der Waals surface area contributed by atoms with Gasteiger partial charge in [-0.15, -0.1) is 11.3 Å². The summed E-state index contributed by atoms with van der Waals surface area (Å²) >= 11 is 2.23. The summed E-state index contributed by atoms with van der Waals surface area (Å²) in [6, 6.07) is 5.82. The Morgan fingerprint density at radius 3 is 2.57 bits per heavy atom. The zero-order chi connectivity index (χ0) is 27.5. The number of alkyl halides is 3. The third-order valence-electron chi connectivity index (χ3n) is 5.40. The molecule has 0 bridgehead atoms. The molecule has 2 rings (SSSR count). The molecule has 202 valence electrons. The number of aromatic nitrogens is 2. The fraction of sp³-hybridized carbons (Fsp3) is 0.560. The van der Waals surface area contributed by atoms with Gasteiger partial charge in [0.1, 0.15) is 10.8 Å². The van der Waals surface area contributed by atoms with Crippen LogP contribution in [0.25, 0.3) is 0 Å². The van der Waals surface area contributed by atoms with Crippen molar-refractivity contribution in [2.24, 2.45) is 0 Å². The van der Waals surface area contributed by atoms with E-state index in [1.807, 2.05) is 11.4 Å². The molecule has 0 fully saturated rings. The number of carbonyl (C=O) groups excluding carboxylic acids is 2. The Morgan fingerprint density at radius 1 is 1.19 bits per heavy atom. The second-order valence-corrected chi connectivity index (χ2v) is 11.7. The molecule has 0 aliphatic carbocycles.